The Morgan fingerprint density at radius 2 is 2.11 bits per heavy atom. The Morgan fingerprint density at radius 1 is 1.33 bits per heavy atom. The van der Waals surface area contributed by atoms with Crippen LogP contribution >= 0.6 is 11.8 Å². The Kier molecular flexibility index (Phi) is 4.04. The number of hydrogen-bond acceptors (Lipinski definition) is 4. The summed E-state index contributed by atoms with van der Waals surface area (Å²) >= 11 is 1.65. The van der Waals surface area contributed by atoms with Crippen molar-refractivity contribution in [1.29, 1.82) is 0 Å². The van der Waals surface area contributed by atoms with Crippen LogP contribution in [0.15, 0.2) is 28.4 Å². The summed E-state index contributed by atoms with van der Waals surface area (Å²) in [5.41, 5.74) is 8.96. The van der Waals surface area contributed by atoms with Crippen LogP contribution in [0.3, 0.4) is 0 Å². The van der Waals surface area contributed by atoms with E-state index in [9.17, 15) is 0 Å². The SMILES string of the molecule is Cc1cc(Sc2ncc(CCN)cc2C)n(C)n1. The first-order valence-corrected chi connectivity index (χ1v) is 6.76. The first-order valence-electron chi connectivity index (χ1n) is 5.94. The van der Waals surface area contributed by atoms with E-state index in [0.29, 0.717) is 6.54 Å². The Labute approximate surface area is 112 Å². The molecule has 0 aromatic carbocycles. The highest BCUT2D eigenvalue weighted by Gasteiger charge is 2.08. The van der Waals surface area contributed by atoms with Gasteiger partial charge in [-0.15, -0.1) is 0 Å². The quantitative estimate of drug-likeness (QED) is 0.916. The van der Waals surface area contributed by atoms with E-state index in [1.807, 2.05) is 24.9 Å². The molecule has 18 heavy (non-hydrogen) atoms. The van der Waals surface area contributed by atoms with E-state index < -0.39 is 0 Å². The van der Waals surface area contributed by atoms with Crippen molar-refractivity contribution in [2.24, 2.45) is 12.8 Å². The molecular formula is C13H18N4S. The molecule has 2 N–H and O–H groups in total. The number of nitrogens with two attached hydrogens (primary N) is 1. The van der Waals surface area contributed by atoms with Crippen LogP contribution in [0.2, 0.25) is 0 Å². The normalized spacial score (nSPS) is 10.9. The second-order valence-corrected chi connectivity index (χ2v) is 5.36. The van der Waals surface area contributed by atoms with E-state index in [2.05, 4.69) is 29.1 Å². The highest BCUT2D eigenvalue weighted by atomic mass is 32.2. The first-order chi connectivity index (χ1) is 8.60. The molecule has 0 unspecified atom stereocenters. The molecule has 4 nitrogen and oxygen atoms in total. The van der Waals surface area contributed by atoms with Gasteiger partial charge in [0.25, 0.3) is 0 Å². The van der Waals surface area contributed by atoms with Crippen molar-refractivity contribution in [1.82, 2.24) is 14.8 Å². The van der Waals surface area contributed by atoms with Crippen LogP contribution < -0.4 is 5.73 Å². The Balaban J connectivity index is 2.21. The maximum Gasteiger partial charge on any atom is 0.105 e. The lowest BCUT2D eigenvalue weighted by atomic mass is 10.2. The number of aryl methyl sites for hydroxylation is 3. The first kappa shape index (κ1) is 13.1. The van der Waals surface area contributed by atoms with Crippen LogP contribution in [0.4, 0.5) is 0 Å². The summed E-state index contributed by atoms with van der Waals surface area (Å²) < 4.78 is 1.88. The number of rotatable bonds is 4. The van der Waals surface area contributed by atoms with Gasteiger partial charge >= 0.3 is 0 Å². The van der Waals surface area contributed by atoms with Crippen molar-refractivity contribution >= 4 is 11.8 Å². The maximum absolute atomic E-state index is 5.55. The third-order valence-electron chi connectivity index (χ3n) is 2.68. The fourth-order valence-electron chi connectivity index (χ4n) is 1.81. The molecule has 2 aromatic rings. The maximum atomic E-state index is 5.55. The number of nitrogens with zero attached hydrogens (tertiary/aromatic N) is 3. The lowest BCUT2D eigenvalue weighted by Crippen LogP contribution is -2.03. The average Bonchev–Trinajstić information content (AvgIpc) is 2.62. The van der Waals surface area contributed by atoms with E-state index >= 15 is 0 Å². The van der Waals surface area contributed by atoms with E-state index in [1.54, 1.807) is 11.8 Å². The van der Waals surface area contributed by atoms with Crippen molar-refractivity contribution in [2.75, 3.05) is 6.54 Å². The molecule has 0 aliphatic heterocycles. The smallest absolute Gasteiger partial charge is 0.105 e. The fourth-order valence-corrected chi connectivity index (χ4v) is 2.74. The molecular weight excluding hydrogens is 244 g/mol. The van der Waals surface area contributed by atoms with Gasteiger partial charge in [-0.3, -0.25) is 4.68 Å². The standard InChI is InChI=1S/C13H18N4S/c1-9-6-11(4-5-14)8-15-13(9)18-12-7-10(2)16-17(12)3/h6-8H,4-5,14H2,1-3H3. The molecule has 5 heteroatoms. The third-order valence-corrected chi connectivity index (χ3v) is 3.89. The molecule has 0 fully saturated rings. The molecule has 2 heterocycles. The second kappa shape index (κ2) is 5.54. The van der Waals surface area contributed by atoms with Crippen LogP contribution in [0.25, 0.3) is 0 Å². The molecule has 0 saturated carbocycles. The van der Waals surface area contributed by atoms with Crippen molar-refractivity contribution in [3.8, 4) is 0 Å². The van der Waals surface area contributed by atoms with Crippen molar-refractivity contribution in [3.63, 3.8) is 0 Å². The zero-order chi connectivity index (χ0) is 13.1. The molecule has 0 aliphatic rings. The lowest BCUT2D eigenvalue weighted by Gasteiger charge is -2.06. The van der Waals surface area contributed by atoms with E-state index in [-0.39, 0.29) is 0 Å². The van der Waals surface area contributed by atoms with Gasteiger partial charge in [0.1, 0.15) is 10.1 Å². The topological polar surface area (TPSA) is 56.7 Å². The van der Waals surface area contributed by atoms with E-state index in [1.165, 1.54) is 11.1 Å². The highest BCUT2D eigenvalue weighted by molar-refractivity contribution is 7.99. The van der Waals surface area contributed by atoms with Crippen molar-refractivity contribution in [2.45, 2.75) is 30.3 Å². The summed E-state index contributed by atoms with van der Waals surface area (Å²) in [5.74, 6) is 0. The monoisotopic (exact) mass is 262 g/mol. The number of aromatic nitrogens is 3. The summed E-state index contributed by atoms with van der Waals surface area (Å²) in [7, 11) is 1.95. The van der Waals surface area contributed by atoms with E-state index in [0.717, 1.165) is 22.2 Å². The van der Waals surface area contributed by atoms with Crippen LogP contribution in [-0.2, 0) is 13.5 Å². The van der Waals surface area contributed by atoms with Gasteiger partial charge in [-0.25, -0.2) is 4.98 Å². The Bertz CT molecular complexity index is 548. The van der Waals surface area contributed by atoms with Crippen molar-refractivity contribution < 1.29 is 0 Å². The minimum Gasteiger partial charge on any atom is -0.330 e. The van der Waals surface area contributed by atoms with Gasteiger partial charge in [0.15, 0.2) is 0 Å². The van der Waals surface area contributed by atoms with Crippen LogP contribution in [-0.4, -0.2) is 21.3 Å². The second-order valence-electron chi connectivity index (χ2n) is 4.35. The van der Waals surface area contributed by atoms with Gasteiger partial charge in [-0.2, -0.15) is 5.10 Å². The summed E-state index contributed by atoms with van der Waals surface area (Å²) in [4.78, 5) is 4.51. The zero-order valence-electron chi connectivity index (χ0n) is 11.0. The molecule has 0 bridgehead atoms. The molecule has 0 aliphatic carbocycles. The molecule has 0 atom stereocenters. The van der Waals surface area contributed by atoms with Gasteiger partial charge in [0, 0.05) is 13.2 Å². The fraction of sp³-hybridized carbons (Fsp3) is 0.385. The van der Waals surface area contributed by atoms with Crippen LogP contribution in [0.1, 0.15) is 16.8 Å². The minimum absolute atomic E-state index is 0.661. The third kappa shape index (κ3) is 2.91. The molecule has 0 radical (unpaired) electrons. The van der Waals surface area contributed by atoms with Gasteiger partial charge in [0.05, 0.1) is 5.69 Å². The summed E-state index contributed by atoms with van der Waals surface area (Å²) in [5, 5.41) is 6.47. The van der Waals surface area contributed by atoms with Gasteiger partial charge in [0.2, 0.25) is 0 Å². The number of hydrogen-bond donors (Lipinski definition) is 1. The van der Waals surface area contributed by atoms with E-state index in [4.69, 9.17) is 5.73 Å². The highest BCUT2D eigenvalue weighted by Crippen LogP contribution is 2.28. The number of pyridine rings is 1. The Hall–Kier alpha value is -1.33. The van der Waals surface area contributed by atoms with Gasteiger partial charge in [-0.05, 0) is 44.0 Å². The lowest BCUT2D eigenvalue weighted by molar-refractivity contribution is 0.692. The predicted octanol–water partition coefficient (Wildman–Crippen LogP) is 2.08. The zero-order valence-corrected chi connectivity index (χ0v) is 11.8. The molecule has 2 aromatic heterocycles. The summed E-state index contributed by atoms with van der Waals surface area (Å²) in [6.45, 7) is 4.74. The molecule has 96 valence electrons. The van der Waals surface area contributed by atoms with Crippen LogP contribution in [0, 0.1) is 13.8 Å². The molecule has 0 amide bonds. The van der Waals surface area contributed by atoms with Crippen LogP contribution in [0.5, 0.6) is 0 Å². The molecule has 0 spiro atoms. The average molecular weight is 262 g/mol. The minimum atomic E-state index is 0.661. The molecule has 0 saturated heterocycles. The Morgan fingerprint density at radius 3 is 2.67 bits per heavy atom. The summed E-state index contributed by atoms with van der Waals surface area (Å²) in [6.07, 6.45) is 2.79. The van der Waals surface area contributed by atoms with Crippen molar-refractivity contribution in [3.05, 3.63) is 35.2 Å². The predicted molar refractivity (Wildman–Crippen MR) is 73.8 cm³/mol. The molecule has 2 rings (SSSR count). The largest absolute Gasteiger partial charge is 0.330 e. The van der Waals surface area contributed by atoms with Gasteiger partial charge < -0.3 is 5.73 Å². The van der Waals surface area contributed by atoms with Gasteiger partial charge in [-0.1, -0.05) is 17.8 Å². The summed E-state index contributed by atoms with van der Waals surface area (Å²) in [6, 6.07) is 4.23.